The van der Waals surface area contributed by atoms with E-state index in [2.05, 4.69) is 43.2 Å². The predicted molar refractivity (Wildman–Crippen MR) is 63.7 cm³/mol. The fourth-order valence-electron chi connectivity index (χ4n) is 0.794. The van der Waals surface area contributed by atoms with E-state index in [0.717, 1.165) is 0 Å². The molecule has 0 bridgehead atoms. The van der Waals surface area contributed by atoms with E-state index >= 15 is 0 Å². The van der Waals surface area contributed by atoms with Gasteiger partial charge in [0.15, 0.2) is 0 Å². The lowest BCUT2D eigenvalue weighted by molar-refractivity contribution is 2.08. The lowest BCUT2D eigenvalue weighted by atomic mass is 11.9. The van der Waals surface area contributed by atoms with Crippen molar-refractivity contribution >= 4 is 58.4 Å². The first-order valence-corrected chi connectivity index (χ1v) is 12.1. The van der Waals surface area contributed by atoms with Gasteiger partial charge in [-0.3, -0.25) is 0 Å². The van der Waals surface area contributed by atoms with Crippen LogP contribution in [0.3, 0.4) is 0 Å². The summed E-state index contributed by atoms with van der Waals surface area (Å²) < 4.78 is 0. The van der Waals surface area contributed by atoms with Gasteiger partial charge in [-0.25, -0.2) is 0 Å². The van der Waals surface area contributed by atoms with Crippen molar-refractivity contribution in [2.75, 3.05) is 22.0 Å². The highest BCUT2D eigenvalue weighted by molar-refractivity contribution is 8.85. The molecule has 0 radical (unpaired) electrons. The van der Waals surface area contributed by atoms with E-state index in [1.165, 1.54) is 22.0 Å². The topological polar surface area (TPSA) is 0 Å². The summed E-state index contributed by atoms with van der Waals surface area (Å²) >= 11 is 0. The summed E-state index contributed by atoms with van der Waals surface area (Å²) in [7, 11) is 9.45. The molecule has 0 spiro atoms. The second-order valence-electron chi connectivity index (χ2n) is 2.00. The third-order valence-electron chi connectivity index (χ3n) is 1.37. The van der Waals surface area contributed by atoms with Crippen LogP contribution in [-0.4, -0.2) is 22.0 Å². The van der Waals surface area contributed by atoms with E-state index in [1.807, 2.05) is 0 Å². The average Bonchev–Trinajstić information content (AvgIpc) is 2.59. The van der Waals surface area contributed by atoms with E-state index in [-0.39, 0.29) is 0 Å². The van der Waals surface area contributed by atoms with Crippen LogP contribution >= 0.6 is 58.4 Å². The molecule has 2 aliphatic heterocycles. The lowest BCUT2D eigenvalue weighted by Crippen LogP contribution is -1.74. The van der Waals surface area contributed by atoms with Crippen LogP contribution in [-0.2, 0) is 0 Å². The molecular weight excluding hydrogens is 238 g/mol. The molecule has 0 aromatic rings. The Kier molecular flexibility index (Phi) is 3.96. The maximum Gasteiger partial charge on any atom is 0.0287 e. The van der Waals surface area contributed by atoms with Crippen molar-refractivity contribution in [1.82, 2.24) is 0 Å². The minimum absolute atomic E-state index is 0.503. The Morgan fingerprint density at radius 1 is 0.600 bits per heavy atom. The van der Waals surface area contributed by atoms with Crippen molar-refractivity contribution < 1.29 is 0 Å². The second-order valence-corrected chi connectivity index (χ2v) is 15.3. The van der Waals surface area contributed by atoms with E-state index < -0.39 is 0 Å². The molecule has 10 heavy (non-hydrogen) atoms. The molecule has 2 rings (SSSR count). The smallest absolute Gasteiger partial charge is 0.0287 e. The normalized spacial score (nSPS) is 30.0. The van der Waals surface area contributed by atoms with Crippen molar-refractivity contribution in [3.63, 3.8) is 0 Å². The molecule has 0 aromatic carbocycles. The molecule has 0 aromatic heterocycles. The molecule has 0 N–H and O–H groups in total. The predicted octanol–water partition coefficient (Wildman–Crippen LogP) is 4.49. The number of rotatable bonds is 1. The summed E-state index contributed by atoms with van der Waals surface area (Å²) in [6.45, 7) is 0. The Morgan fingerprint density at radius 3 is 1.20 bits per heavy atom. The summed E-state index contributed by atoms with van der Waals surface area (Å²) in [6, 6.07) is 0. The van der Waals surface area contributed by atoms with Crippen LogP contribution in [0.5, 0.6) is 0 Å². The van der Waals surface area contributed by atoms with Crippen LogP contribution in [0, 0.1) is 0 Å². The van der Waals surface area contributed by atoms with Crippen molar-refractivity contribution in [2.45, 2.75) is 0 Å². The van der Waals surface area contributed by atoms with Gasteiger partial charge in [0.1, 0.15) is 0 Å². The number of hydrogen-bond acceptors (Lipinski definition) is 4. The van der Waals surface area contributed by atoms with Gasteiger partial charge >= 0.3 is 0 Å². The Balaban J connectivity index is 1.85. The highest BCUT2D eigenvalue weighted by Crippen LogP contribution is 2.80. The summed E-state index contributed by atoms with van der Waals surface area (Å²) in [4.78, 5) is 0. The first-order chi connectivity index (χ1) is 4.97. The summed E-state index contributed by atoms with van der Waals surface area (Å²) in [6.07, 6.45) is 0. The van der Waals surface area contributed by atoms with Crippen LogP contribution in [0.4, 0.5) is 0 Å². The molecule has 0 amide bonds. The molecular formula is C4H8P2S4. The Morgan fingerprint density at radius 2 is 0.900 bits per heavy atom. The lowest BCUT2D eigenvalue weighted by Gasteiger charge is -2.14. The first kappa shape index (κ1) is 8.84. The molecule has 2 aliphatic rings. The van der Waals surface area contributed by atoms with Gasteiger partial charge in [-0.05, 0) is 0 Å². The van der Waals surface area contributed by atoms with Gasteiger partial charge in [-0.1, -0.05) is 58.4 Å². The SMILES string of the molecule is C1SSCP1P1CSSC1. The summed E-state index contributed by atoms with van der Waals surface area (Å²) in [5.41, 5.74) is 6.03. The molecule has 0 atom stereocenters. The van der Waals surface area contributed by atoms with Crippen LogP contribution in [0.2, 0.25) is 0 Å². The highest BCUT2D eigenvalue weighted by Gasteiger charge is 2.28. The fraction of sp³-hybridized carbons (Fsp3) is 1.00. The van der Waals surface area contributed by atoms with Crippen molar-refractivity contribution in [2.24, 2.45) is 0 Å². The second kappa shape index (κ2) is 4.48. The van der Waals surface area contributed by atoms with E-state index in [4.69, 9.17) is 0 Å². The maximum absolute atomic E-state index is 2.11. The van der Waals surface area contributed by atoms with Crippen LogP contribution in [0.1, 0.15) is 0 Å². The van der Waals surface area contributed by atoms with Gasteiger partial charge in [-0.15, -0.1) is 0 Å². The quantitative estimate of drug-likeness (QED) is 0.493. The van der Waals surface area contributed by atoms with Gasteiger partial charge in [0.05, 0.1) is 0 Å². The Labute approximate surface area is 80.0 Å². The van der Waals surface area contributed by atoms with Gasteiger partial charge in [-0.2, -0.15) is 0 Å². The molecule has 0 aliphatic carbocycles. The van der Waals surface area contributed by atoms with Crippen molar-refractivity contribution in [3.05, 3.63) is 0 Å². The minimum Gasteiger partial charge on any atom is -0.0887 e. The molecule has 2 fully saturated rings. The minimum atomic E-state index is 0.503. The molecule has 6 heteroatoms. The van der Waals surface area contributed by atoms with E-state index in [1.54, 1.807) is 0 Å². The zero-order chi connectivity index (χ0) is 6.81. The Bertz CT molecular complexity index is 95.8. The fourth-order valence-corrected chi connectivity index (χ4v) is 26.5. The van der Waals surface area contributed by atoms with Crippen LogP contribution in [0.15, 0.2) is 0 Å². The molecule has 2 heterocycles. The molecule has 0 nitrogen and oxygen atoms in total. The third-order valence-corrected chi connectivity index (χ3v) is 20.3. The zero-order valence-electron chi connectivity index (χ0n) is 5.36. The monoisotopic (exact) mass is 246 g/mol. The van der Waals surface area contributed by atoms with Crippen molar-refractivity contribution in [1.29, 1.82) is 0 Å². The largest absolute Gasteiger partial charge is 0.0887 e. The third kappa shape index (κ3) is 2.14. The van der Waals surface area contributed by atoms with Gasteiger partial charge in [0.2, 0.25) is 0 Å². The first-order valence-electron chi connectivity index (χ1n) is 2.95. The summed E-state index contributed by atoms with van der Waals surface area (Å²) in [5, 5.41) is 0. The molecule has 0 saturated carbocycles. The van der Waals surface area contributed by atoms with E-state index in [0.29, 0.717) is 15.2 Å². The number of hydrogen-bond donors (Lipinski definition) is 0. The van der Waals surface area contributed by atoms with Gasteiger partial charge in [0.25, 0.3) is 0 Å². The van der Waals surface area contributed by atoms with E-state index in [9.17, 15) is 0 Å². The zero-order valence-corrected chi connectivity index (χ0v) is 10.4. The van der Waals surface area contributed by atoms with Crippen LogP contribution < -0.4 is 0 Å². The molecule has 0 unspecified atom stereocenters. The van der Waals surface area contributed by atoms with Crippen LogP contribution in [0.25, 0.3) is 0 Å². The van der Waals surface area contributed by atoms with Crippen molar-refractivity contribution in [3.8, 4) is 0 Å². The Hall–Kier alpha value is 2.26. The summed E-state index contributed by atoms with van der Waals surface area (Å²) in [5.74, 6) is 0. The molecule has 58 valence electrons. The van der Waals surface area contributed by atoms with Gasteiger partial charge in [0, 0.05) is 22.0 Å². The highest BCUT2D eigenvalue weighted by atomic mass is 33.1. The standard InChI is InChI=1S/C4H8P2S4/c1-5(2-8-7-1)6-3-9-10-4-6/h1-4H2. The maximum atomic E-state index is 2.11. The average molecular weight is 246 g/mol. The van der Waals surface area contributed by atoms with Gasteiger partial charge < -0.3 is 0 Å². The molecule has 2 saturated heterocycles.